The van der Waals surface area contributed by atoms with Crippen LogP contribution in [0.4, 0.5) is 0 Å². The normalized spacial score (nSPS) is 19.9. The van der Waals surface area contributed by atoms with Crippen molar-refractivity contribution >= 4 is 6.08 Å². The third kappa shape index (κ3) is 1.73. The second kappa shape index (κ2) is 3.58. The summed E-state index contributed by atoms with van der Waals surface area (Å²) in [5.41, 5.74) is 9.99. The Kier molecular flexibility index (Phi) is 2.42. The Morgan fingerprint density at radius 3 is 2.86 bits per heavy atom. The maximum absolute atomic E-state index is 5.86. The SMILES string of the molecule is CC(C)c1ccc2c(c1)C=CC(N)C2. The molecule has 0 aromatic heterocycles. The fourth-order valence-electron chi connectivity index (χ4n) is 1.86. The molecule has 1 aliphatic rings. The highest BCUT2D eigenvalue weighted by molar-refractivity contribution is 5.58. The van der Waals surface area contributed by atoms with Crippen molar-refractivity contribution in [1.82, 2.24) is 0 Å². The minimum Gasteiger partial charge on any atom is -0.324 e. The van der Waals surface area contributed by atoms with Crippen molar-refractivity contribution in [2.75, 3.05) is 0 Å². The van der Waals surface area contributed by atoms with Gasteiger partial charge >= 0.3 is 0 Å². The molecule has 0 amide bonds. The Labute approximate surface area is 85.6 Å². The van der Waals surface area contributed by atoms with Gasteiger partial charge in [-0.3, -0.25) is 0 Å². The predicted octanol–water partition coefficient (Wildman–Crippen LogP) is 2.71. The maximum Gasteiger partial charge on any atom is 0.0268 e. The molecule has 0 heterocycles. The molecule has 1 aliphatic carbocycles. The van der Waals surface area contributed by atoms with E-state index in [2.05, 4.69) is 44.2 Å². The van der Waals surface area contributed by atoms with Crippen LogP contribution in [0.1, 0.15) is 36.5 Å². The van der Waals surface area contributed by atoms with Gasteiger partial charge in [0.25, 0.3) is 0 Å². The molecule has 74 valence electrons. The first-order valence-electron chi connectivity index (χ1n) is 5.23. The van der Waals surface area contributed by atoms with E-state index in [1.165, 1.54) is 16.7 Å². The topological polar surface area (TPSA) is 26.0 Å². The molecule has 0 fully saturated rings. The minimum absolute atomic E-state index is 0.201. The van der Waals surface area contributed by atoms with Gasteiger partial charge in [-0.25, -0.2) is 0 Å². The van der Waals surface area contributed by atoms with Gasteiger partial charge in [0.2, 0.25) is 0 Å². The van der Waals surface area contributed by atoms with E-state index < -0.39 is 0 Å². The van der Waals surface area contributed by atoms with Crippen molar-refractivity contribution in [3.05, 3.63) is 41.0 Å². The zero-order chi connectivity index (χ0) is 10.1. The van der Waals surface area contributed by atoms with Gasteiger partial charge in [0, 0.05) is 6.04 Å². The van der Waals surface area contributed by atoms with E-state index in [4.69, 9.17) is 5.73 Å². The Bertz CT molecular complexity index is 363. The molecule has 1 aromatic carbocycles. The molecule has 2 N–H and O–H groups in total. The molecule has 1 atom stereocenters. The van der Waals surface area contributed by atoms with Crippen LogP contribution in [-0.4, -0.2) is 6.04 Å². The lowest BCUT2D eigenvalue weighted by molar-refractivity contribution is 0.798. The van der Waals surface area contributed by atoms with Crippen molar-refractivity contribution < 1.29 is 0 Å². The number of benzene rings is 1. The highest BCUT2D eigenvalue weighted by Gasteiger charge is 2.11. The Balaban J connectivity index is 2.39. The van der Waals surface area contributed by atoms with Gasteiger partial charge in [-0.1, -0.05) is 44.2 Å². The van der Waals surface area contributed by atoms with E-state index >= 15 is 0 Å². The highest BCUT2D eigenvalue weighted by atomic mass is 14.6. The standard InChI is InChI=1S/C13H17N/c1-9(2)10-3-4-12-8-13(14)6-5-11(12)7-10/h3-7,9,13H,8,14H2,1-2H3. The minimum atomic E-state index is 0.201. The molecule has 1 aromatic rings. The van der Waals surface area contributed by atoms with Gasteiger partial charge in [-0.2, -0.15) is 0 Å². The number of fused-ring (bicyclic) bond motifs is 1. The molecular formula is C13H17N. The van der Waals surface area contributed by atoms with Crippen LogP contribution in [0.3, 0.4) is 0 Å². The van der Waals surface area contributed by atoms with Gasteiger partial charge in [-0.05, 0) is 29.0 Å². The second-order valence-electron chi connectivity index (χ2n) is 4.34. The van der Waals surface area contributed by atoms with Crippen molar-refractivity contribution in [2.24, 2.45) is 5.73 Å². The van der Waals surface area contributed by atoms with E-state index in [1.54, 1.807) is 0 Å². The maximum atomic E-state index is 5.86. The van der Waals surface area contributed by atoms with E-state index in [1.807, 2.05) is 0 Å². The molecule has 0 saturated heterocycles. The van der Waals surface area contributed by atoms with Crippen LogP contribution < -0.4 is 5.73 Å². The summed E-state index contributed by atoms with van der Waals surface area (Å²) < 4.78 is 0. The first-order valence-corrected chi connectivity index (χ1v) is 5.23. The van der Waals surface area contributed by atoms with E-state index in [0.29, 0.717) is 5.92 Å². The Morgan fingerprint density at radius 2 is 2.14 bits per heavy atom. The fraction of sp³-hybridized carbons (Fsp3) is 0.385. The summed E-state index contributed by atoms with van der Waals surface area (Å²) in [5, 5.41) is 0. The average molecular weight is 187 g/mol. The van der Waals surface area contributed by atoms with Gasteiger partial charge in [-0.15, -0.1) is 0 Å². The first kappa shape index (κ1) is 9.47. The summed E-state index contributed by atoms with van der Waals surface area (Å²) >= 11 is 0. The zero-order valence-corrected chi connectivity index (χ0v) is 8.83. The summed E-state index contributed by atoms with van der Waals surface area (Å²) in [7, 11) is 0. The fourth-order valence-corrected chi connectivity index (χ4v) is 1.86. The van der Waals surface area contributed by atoms with Crippen LogP contribution in [-0.2, 0) is 6.42 Å². The molecule has 0 saturated carbocycles. The molecule has 0 spiro atoms. The van der Waals surface area contributed by atoms with Crippen molar-refractivity contribution in [3.63, 3.8) is 0 Å². The zero-order valence-electron chi connectivity index (χ0n) is 8.83. The summed E-state index contributed by atoms with van der Waals surface area (Å²) in [6, 6.07) is 6.92. The monoisotopic (exact) mass is 187 g/mol. The smallest absolute Gasteiger partial charge is 0.0268 e. The lowest BCUT2D eigenvalue weighted by Gasteiger charge is -2.17. The van der Waals surface area contributed by atoms with Crippen LogP contribution >= 0.6 is 0 Å². The van der Waals surface area contributed by atoms with Crippen LogP contribution in [0.2, 0.25) is 0 Å². The Morgan fingerprint density at radius 1 is 1.36 bits per heavy atom. The summed E-state index contributed by atoms with van der Waals surface area (Å²) in [5.74, 6) is 0.601. The quantitative estimate of drug-likeness (QED) is 0.718. The highest BCUT2D eigenvalue weighted by Crippen LogP contribution is 2.23. The van der Waals surface area contributed by atoms with Crippen molar-refractivity contribution in [3.8, 4) is 0 Å². The first-order chi connectivity index (χ1) is 6.66. The third-order valence-electron chi connectivity index (χ3n) is 2.82. The molecule has 2 rings (SSSR count). The van der Waals surface area contributed by atoms with Gasteiger partial charge in [0.05, 0.1) is 0 Å². The molecule has 0 aliphatic heterocycles. The molecule has 14 heavy (non-hydrogen) atoms. The summed E-state index contributed by atoms with van der Waals surface area (Å²) in [6.45, 7) is 4.44. The van der Waals surface area contributed by atoms with Crippen molar-refractivity contribution in [1.29, 1.82) is 0 Å². The third-order valence-corrected chi connectivity index (χ3v) is 2.82. The van der Waals surface area contributed by atoms with Crippen LogP contribution in [0.5, 0.6) is 0 Å². The molecule has 0 radical (unpaired) electrons. The van der Waals surface area contributed by atoms with Gasteiger partial charge in [0.15, 0.2) is 0 Å². The molecule has 1 unspecified atom stereocenters. The van der Waals surface area contributed by atoms with Crippen LogP contribution in [0.25, 0.3) is 6.08 Å². The van der Waals surface area contributed by atoms with Gasteiger partial charge < -0.3 is 5.73 Å². The lowest BCUT2D eigenvalue weighted by atomic mass is 9.90. The van der Waals surface area contributed by atoms with Gasteiger partial charge in [0.1, 0.15) is 0 Å². The number of hydrogen-bond acceptors (Lipinski definition) is 1. The van der Waals surface area contributed by atoms with E-state index in [-0.39, 0.29) is 6.04 Å². The summed E-state index contributed by atoms with van der Waals surface area (Å²) in [4.78, 5) is 0. The molecule has 1 nitrogen and oxygen atoms in total. The van der Waals surface area contributed by atoms with Crippen molar-refractivity contribution in [2.45, 2.75) is 32.2 Å². The number of rotatable bonds is 1. The molecule has 1 heteroatoms. The number of nitrogens with two attached hydrogens (primary N) is 1. The lowest BCUT2D eigenvalue weighted by Crippen LogP contribution is -2.22. The van der Waals surface area contributed by atoms with Crippen LogP contribution in [0.15, 0.2) is 24.3 Å². The molecular weight excluding hydrogens is 170 g/mol. The van der Waals surface area contributed by atoms with E-state index in [0.717, 1.165) is 6.42 Å². The average Bonchev–Trinajstić information content (AvgIpc) is 2.16. The summed E-state index contributed by atoms with van der Waals surface area (Å²) in [6.07, 6.45) is 5.21. The van der Waals surface area contributed by atoms with Crippen LogP contribution in [0, 0.1) is 0 Å². The predicted molar refractivity (Wildman–Crippen MR) is 61.2 cm³/mol. The van der Waals surface area contributed by atoms with E-state index in [9.17, 15) is 0 Å². The number of hydrogen-bond donors (Lipinski definition) is 1. The Hall–Kier alpha value is -1.08. The largest absolute Gasteiger partial charge is 0.324 e. The molecule has 0 bridgehead atoms. The second-order valence-corrected chi connectivity index (χ2v) is 4.34.